The second-order valence-corrected chi connectivity index (χ2v) is 2.95. The predicted molar refractivity (Wildman–Crippen MR) is 51.4 cm³/mol. The van der Waals surface area contributed by atoms with Crippen LogP contribution in [0, 0.1) is 0 Å². The van der Waals surface area contributed by atoms with Crippen LogP contribution in [0.5, 0.6) is 0 Å². The van der Waals surface area contributed by atoms with Crippen LogP contribution >= 0.6 is 0 Å². The highest BCUT2D eigenvalue weighted by atomic mass is 14.8. The molecule has 0 amide bonds. The fraction of sp³-hybridized carbons (Fsp3) is 0. The van der Waals surface area contributed by atoms with Gasteiger partial charge in [-0.2, -0.15) is 0 Å². The van der Waals surface area contributed by atoms with E-state index >= 15 is 0 Å². The lowest BCUT2D eigenvalue weighted by Gasteiger charge is -1.86. The summed E-state index contributed by atoms with van der Waals surface area (Å²) in [5.74, 6) is 0. The van der Waals surface area contributed by atoms with Crippen molar-refractivity contribution in [2.24, 2.45) is 0 Å². The second-order valence-electron chi connectivity index (χ2n) is 2.95. The zero-order chi connectivity index (χ0) is 8.67. The molecule has 1 N–H and O–H groups in total. The maximum Gasteiger partial charge on any atom is 0.0973 e. The Morgan fingerprint density at radius 2 is 2.08 bits per heavy atom. The number of pyridine rings is 2. The third-order valence-electron chi connectivity index (χ3n) is 2.15. The monoisotopic (exact) mass is 169 g/mol. The largest absolute Gasteiger partial charge is 0.353 e. The first-order chi connectivity index (χ1) is 6.45. The molecule has 0 bridgehead atoms. The molecule has 0 aliphatic rings. The van der Waals surface area contributed by atoms with Gasteiger partial charge in [-0.15, -0.1) is 0 Å². The van der Waals surface area contributed by atoms with Gasteiger partial charge >= 0.3 is 0 Å². The lowest BCUT2D eigenvalue weighted by atomic mass is 10.3. The number of hydrogen-bond acceptors (Lipinski definition) is 2. The van der Waals surface area contributed by atoms with Gasteiger partial charge in [-0.1, -0.05) is 0 Å². The van der Waals surface area contributed by atoms with Gasteiger partial charge in [-0.05, 0) is 18.2 Å². The van der Waals surface area contributed by atoms with Gasteiger partial charge in [0.2, 0.25) is 0 Å². The smallest absolute Gasteiger partial charge is 0.0973 e. The van der Waals surface area contributed by atoms with Crippen molar-refractivity contribution in [3.63, 3.8) is 0 Å². The fourth-order valence-corrected chi connectivity index (χ4v) is 1.56. The van der Waals surface area contributed by atoms with E-state index in [1.165, 1.54) is 0 Å². The lowest BCUT2D eigenvalue weighted by Crippen LogP contribution is -1.72. The molecular formula is C10H7N3. The molecule has 0 saturated heterocycles. The molecule has 0 aliphatic carbocycles. The molecule has 0 radical (unpaired) electrons. The van der Waals surface area contributed by atoms with Crippen molar-refractivity contribution in [1.29, 1.82) is 0 Å². The number of aromatic nitrogens is 3. The number of nitrogens with zero attached hydrogens (tertiary/aromatic N) is 2. The molecule has 3 heteroatoms. The van der Waals surface area contributed by atoms with Crippen LogP contribution in [-0.4, -0.2) is 15.0 Å². The van der Waals surface area contributed by atoms with E-state index in [-0.39, 0.29) is 0 Å². The summed E-state index contributed by atoms with van der Waals surface area (Å²) in [5.41, 5.74) is 3.14. The van der Waals surface area contributed by atoms with E-state index in [1.54, 1.807) is 12.4 Å². The predicted octanol–water partition coefficient (Wildman–Crippen LogP) is 2.11. The van der Waals surface area contributed by atoms with Crippen LogP contribution in [0.4, 0.5) is 0 Å². The SMILES string of the molecule is c1cnc2c(c1)[nH]c1ccncc12. The topological polar surface area (TPSA) is 41.6 Å². The first-order valence-electron chi connectivity index (χ1n) is 4.11. The molecular weight excluding hydrogens is 162 g/mol. The Hall–Kier alpha value is -1.90. The van der Waals surface area contributed by atoms with Crippen molar-refractivity contribution in [3.05, 3.63) is 36.8 Å². The van der Waals surface area contributed by atoms with Crippen LogP contribution in [0.2, 0.25) is 0 Å². The summed E-state index contributed by atoms with van der Waals surface area (Å²) in [6.07, 6.45) is 5.40. The van der Waals surface area contributed by atoms with Crippen molar-refractivity contribution < 1.29 is 0 Å². The third kappa shape index (κ3) is 0.839. The van der Waals surface area contributed by atoms with Gasteiger partial charge in [0.25, 0.3) is 0 Å². The molecule has 62 valence electrons. The maximum atomic E-state index is 4.30. The highest BCUT2D eigenvalue weighted by molar-refractivity contribution is 6.04. The third-order valence-corrected chi connectivity index (χ3v) is 2.15. The minimum atomic E-state index is 0.991. The minimum Gasteiger partial charge on any atom is -0.353 e. The molecule has 0 saturated carbocycles. The van der Waals surface area contributed by atoms with Crippen LogP contribution in [0.1, 0.15) is 0 Å². The van der Waals surface area contributed by atoms with Gasteiger partial charge in [-0.3, -0.25) is 9.97 Å². The quantitative estimate of drug-likeness (QED) is 0.560. The summed E-state index contributed by atoms with van der Waals surface area (Å²) in [7, 11) is 0. The summed E-state index contributed by atoms with van der Waals surface area (Å²) >= 11 is 0. The van der Waals surface area contributed by atoms with Crippen molar-refractivity contribution in [2.75, 3.05) is 0 Å². The van der Waals surface area contributed by atoms with E-state index in [0.717, 1.165) is 21.9 Å². The molecule has 0 aromatic carbocycles. The van der Waals surface area contributed by atoms with E-state index in [1.807, 2.05) is 24.4 Å². The normalized spacial score (nSPS) is 11.1. The molecule has 3 aromatic rings. The molecule has 3 aromatic heterocycles. The van der Waals surface area contributed by atoms with Crippen LogP contribution in [0.15, 0.2) is 36.8 Å². The lowest BCUT2D eigenvalue weighted by molar-refractivity contribution is 1.36. The summed E-state index contributed by atoms with van der Waals surface area (Å²) in [5, 5.41) is 1.08. The first kappa shape index (κ1) is 6.60. The van der Waals surface area contributed by atoms with Crippen molar-refractivity contribution in [1.82, 2.24) is 15.0 Å². The van der Waals surface area contributed by atoms with Crippen molar-refractivity contribution >= 4 is 21.9 Å². The average molecular weight is 169 g/mol. The summed E-state index contributed by atoms with van der Waals surface area (Å²) < 4.78 is 0. The Balaban J connectivity index is 2.64. The highest BCUT2D eigenvalue weighted by Crippen LogP contribution is 2.21. The Morgan fingerprint density at radius 3 is 3.08 bits per heavy atom. The summed E-state index contributed by atoms with van der Waals surface area (Å²) in [4.78, 5) is 11.6. The number of fused-ring (bicyclic) bond motifs is 3. The van der Waals surface area contributed by atoms with Crippen LogP contribution < -0.4 is 0 Å². The van der Waals surface area contributed by atoms with E-state index in [2.05, 4.69) is 15.0 Å². The van der Waals surface area contributed by atoms with Gasteiger partial charge in [-0.25, -0.2) is 0 Å². The molecule has 3 heterocycles. The maximum absolute atomic E-state index is 4.30. The first-order valence-corrected chi connectivity index (χ1v) is 4.11. The van der Waals surface area contributed by atoms with Gasteiger partial charge in [0.05, 0.1) is 16.6 Å². The van der Waals surface area contributed by atoms with Crippen LogP contribution in [0.3, 0.4) is 0 Å². The molecule has 0 spiro atoms. The standard InChI is InChI=1S/C10H7N3/c1-2-9-10(12-4-1)7-6-11-5-3-8(7)13-9/h1-6,13H. The number of hydrogen-bond donors (Lipinski definition) is 1. The molecule has 3 nitrogen and oxygen atoms in total. The zero-order valence-corrected chi connectivity index (χ0v) is 6.86. The number of nitrogens with one attached hydrogen (secondary N) is 1. The molecule has 0 fully saturated rings. The van der Waals surface area contributed by atoms with Crippen molar-refractivity contribution in [3.8, 4) is 0 Å². The van der Waals surface area contributed by atoms with E-state index in [9.17, 15) is 0 Å². The minimum absolute atomic E-state index is 0.991. The van der Waals surface area contributed by atoms with E-state index in [0.29, 0.717) is 0 Å². The zero-order valence-electron chi connectivity index (χ0n) is 6.86. The Kier molecular flexibility index (Phi) is 1.16. The second kappa shape index (κ2) is 2.29. The average Bonchev–Trinajstić information content (AvgIpc) is 2.56. The summed E-state index contributed by atoms with van der Waals surface area (Å²) in [6.45, 7) is 0. The molecule has 0 unspecified atom stereocenters. The summed E-state index contributed by atoms with van der Waals surface area (Å²) in [6, 6.07) is 5.89. The van der Waals surface area contributed by atoms with Gasteiger partial charge in [0.1, 0.15) is 0 Å². The Labute approximate surface area is 74.4 Å². The Bertz CT molecular complexity index is 518. The van der Waals surface area contributed by atoms with Gasteiger partial charge in [0, 0.05) is 24.0 Å². The van der Waals surface area contributed by atoms with Gasteiger partial charge < -0.3 is 4.98 Å². The highest BCUT2D eigenvalue weighted by Gasteiger charge is 2.02. The van der Waals surface area contributed by atoms with E-state index < -0.39 is 0 Å². The van der Waals surface area contributed by atoms with Crippen LogP contribution in [0.25, 0.3) is 21.9 Å². The molecule has 0 aliphatic heterocycles. The molecule has 0 atom stereocenters. The molecule has 3 rings (SSSR count). The number of aromatic amines is 1. The Morgan fingerprint density at radius 1 is 1.08 bits per heavy atom. The number of H-pyrrole nitrogens is 1. The van der Waals surface area contributed by atoms with Crippen LogP contribution in [-0.2, 0) is 0 Å². The van der Waals surface area contributed by atoms with E-state index in [4.69, 9.17) is 0 Å². The fourth-order valence-electron chi connectivity index (χ4n) is 1.56. The van der Waals surface area contributed by atoms with Gasteiger partial charge in [0.15, 0.2) is 0 Å². The molecule has 13 heavy (non-hydrogen) atoms. The van der Waals surface area contributed by atoms with Crippen molar-refractivity contribution in [2.45, 2.75) is 0 Å². The number of rotatable bonds is 0.